The first kappa shape index (κ1) is 14.5. The largest absolute Gasteiger partial charge is 0.466 e. The van der Waals surface area contributed by atoms with Crippen molar-refractivity contribution in [2.24, 2.45) is 0 Å². The molecular formula is C11H18O5. The van der Waals surface area contributed by atoms with Crippen molar-refractivity contribution in [3.05, 3.63) is 12.8 Å². The molecule has 0 aromatic heterocycles. The van der Waals surface area contributed by atoms with Gasteiger partial charge in [0.15, 0.2) is 0 Å². The lowest BCUT2D eigenvalue weighted by Crippen LogP contribution is -2.08. The quantitative estimate of drug-likeness (QED) is 0.199. The molecule has 0 aliphatic rings. The van der Waals surface area contributed by atoms with Crippen molar-refractivity contribution >= 4 is 11.9 Å². The summed E-state index contributed by atoms with van der Waals surface area (Å²) in [4.78, 5) is 30.5. The number of rotatable bonds is 9. The fraction of sp³-hybridized carbons (Fsp3) is 0.636. The van der Waals surface area contributed by atoms with Crippen LogP contribution in [0.1, 0.15) is 39.0 Å². The van der Waals surface area contributed by atoms with Crippen LogP contribution < -0.4 is 0 Å². The van der Waals surface area contributed by atoms with E-state index in [1.165, 1.54) is 0 Å². The second kappa shape index (κ2) is 10.0. The van der Waals surface area contributed by atoms with Gasteiger partial charge in [-0.05, 0) is 12.8 Å². The molecule has 0 atom stereocenters. The lowest BCUT2D eigenvalue weighted by molar-refractivity contribution is -0.238. The summed E-state index contributed by atoms with van der Waals surface area (Å²) in [5.74, 6) is -0.813. The van der Waals surface area contributed by atoms with Crippen molar-refractivity contribution in [3.63, 3.8) is 0 Å². The van der Waals surface area contributed by atoms with Crippen LogP contribution in [0.2, 0.25) is 0 Å². The third-order valence-corrected chi connectivity index (χ3v) is 1.73. The van der Waals surface area contributed by atoms with Crippen molar-refractivity contribution in [3.8, 4) is 0 Å². The Balaban J connectivity index is 3.39. The second-order valence-electron chi connectivity index (χ2n) is 3.15. The van der Waals surface area contributed by atoms with Gasteiger partial charge in [-0.15, -0.1) is 0 Å². The predicted octanol–water partition coefficient (Wildman–Crippen LogP) is 2.12. The van der Waals surface area contributed by atoms with Crippen LogP contribution in [0.5, 0.6) is 0 Å². The molecule has 0 saturated carbocycles. The zero-order chi connectivity index (χ0) is 12.2. The van der Waals surface area contributed by atoms with E-state index in [2.05, 4.69) is 16.4 Å². The average Bonchev–Trinajstić information content (AvgIpc) is 2.26. The first-order chi connectivity index (χ1) is 7.70. The average molecular weight is 230 g/mol. The zero-order valence-electron chi connectivity index (χ0n) is 9.57. The van der Waals surface area contributed by atoms with Crippen molar-refractivity contribution in [1.82, 2.24) is 0 Å². The molecular weight excluding hydrogens is 212 g/mol. The maximum absolute atomic E-state index is 11.1. The standard InChI is InChI=1S/C11H18O5/c1-3-5-9-14-10(12)7-6-8-11(13)16-15-4-2/h4H,2-3,5-9H2,1H3. The molecule has 0 N–H and O–H groups in total. The molecule has 0 unspecified atom stereocenters. The third kappa shape index (κ3) is 9.05. The SMILES string of the molecule is C=COOC(=O)CCCC(=O)OCCCC. The van der Waals surface area contributed by atoms with Crippen molar-refractivity contribution in [2.75, 3.05) is 6.61 Å². The maximum Gasteiger partial charge on any atom is 0.355 e. The highest BCUT2D eigenvalue weighted by Gasteiger charge is 2.07. The predicted molar refractivity (Wildman–Crippen MR) is 57.1 cm³/mol. The van der Waals surface area contributed by atoms with Crippen molar-refractivity contribution in [2.45, 2.75) is 39.0 Å². The summed E-state index contributed by atoms with van der Waals surface area (Å²) >= 11 is 0. The Morgan fingerprint density at radius 1 is 1.19 bits per heavy atom. The molecule has 16 heavy (non-hydrogen) atoms. The van der Waals surface area contributed by atoms with Gasteiger partial charge in [0.05, 0.1) is 13.0 Å². The van der Waals surface area contributed by atoms with E-state index >= 15 is 0 Å². The third-order valence-electron chi connectivity index (χ3n) is 1.73. The molecule has 5 heteroatoms. The van der Waals surface area contributed by atoms with E-state index in [1.54, 1.807) is 0 Å². The van der Waals surface area contributed by atoms with Crippen LogP contribution in [0.25, 0.3) is 0 Å². The molecule has 0 radical (unpaired) electrons. The number of hydrogen-bond donors (Lipinski definition) is 0. The Bertz CT molecular complexity index is 224. The molecule has 0 aliphatic heterocycles. The Morgan fingerprint density at radius 2 is 1.88 bits per heavy atom. The van der Waals surface area contributed by atoms with Gasteiger partial charge in [0.1, 0.15) is 6.26 Å². The molecule has 0 bridgehead atoms. The first-order valence-corrected chi connectivity index (χ1v) is 5.33. The minimum absolute atomic E-state index is 0.122. The molecule has 0 aromatic carbocycles. The van der Waals surface area contributed by atoms with Gasteiger partial charge in [0.25, 0.3) is 0 Å². The fourth-order valence-corrected chi connectivity index (χ4v) is 0.909. The van der Waals surface area contributed by atoms with E-state index in [4.69, 9.17) is 4.74 Å². The lowest BCUT2D eigenvalue weighted by Gasteiger charge is -2.03. The maximum atomic E-state index is 11.1. The fourth-order valence-electron chi connectivity index (χ4n) is 0.909. The first-order valence-electron chi connectivity index (χ1n) is 5.33. The molecule has 0 spiro atoms. The van der Waals surface area contributed by atoms with Crippen molar-refractivity contribution in [1.29, 1.82) is 0 Å². The number of hydrogen-bond acceptors (Lipinski definition) is 5. The van der Waals surface area contributed by atoms with Crippen LogP contribution in [-0.2, 0) is 24.1 Å². The summed E-state index contributed by atoms with van der Waals surface area (Å²) in [5.41, 5.74) is 0. The summed E-state index contributed by atoms with van der Waals surface area (Å²) in [6, 6.07) is 0. The number of ether oxygens (including phenoxy) is 1. The second-order valence-corrected chi connectivity index (χ2v) is 3.15. The summed E-state index contributed by atoms with van der Waals surface area (Å²) in [7, 11) is 0. The van der Waals surface area contributed by atoms with Crippen LogP contribution in [0.15, 0.2) is 12.8 Å². The topological polar surface area (TPSA) is 61.8 Å². The summed E-state index contributed by atoms with van der Waals surface area (Å²) < 4.78 is 4.91. The van der Waals surface area contributed by atoms with Crippen molar-refractivity contribution < 1.29 is 24.1 Å². The Labute approximate surface area is 95.3 Å². The molecule has 0 rings (SSSR count). The summed E-state index contributed by atoms with van der Waals surface area (Å²) in [6.07, 6.45) is 3.59. The van der Waals surface area contributed by atoms with Crippen LogP contribution in [-0.4, -0.2) is 18.5 Å². The Kier molecular flexibility index (Phi) is 9.06. The number of carbonyl (C=O) groups excluding carboxylic acids is 2. The van der Waals surface area contributed by atoms with Gasteiger partial charge in [0, 0.05) is 6.42 Å². The molecule has 0 aliphatic carbocycles. The molecule has 0 aromatic rings. The van der Waals surface area contributed by atoms with Gasteiger partial charge in [-0.3, -0.25) is 14.6 Å². The summed E-state index contributed by atoms with van der Waals surface area (Å²) in [5, 5.41) is 0. The smallest absolute Gasteiger partial charge is 0.355 e. The Hall–Kier alpha value is -1.52. The monoisotopic (exact) mass is 230 g/mol. The Morgan fingerprint density at radius 3 is 2.50 bits per heavy atom. The highest BCUT2D eigenvalue weighted by molar-refractivity contribution is 5.72. The minimum atomic E-state index is -0.527. The minimum Gasteiger partial charge on any atom is -0.466 e. The molecule has 0 amide bonds. The number of esters is 1. The summed E-state index contributed by atoms with van der Waals surface area (Å²) in [6.45, 7) is 5.67. The molecule has 0 saturated heterocycles. The van der Waals surface area contributed by atoms with Gasteiger partial charge in [-0.2, -0.15) is 0 Å². The number of unbranched alkanes of at least 4 members (excludes halogenated alkanes) is 1. The van der Waals surface area contributed by atoms with Gasteiger partial charge >= 0.3 is 11.9 Å². The molecule has 5 nitrogen and oxygen atoms in total. The van der Waals surface area contributed by atoms with Gasteiger partial charge in [0.2, 0.25) is 0 Å². The van der Waals surface area contributed by atoms with Crippen LogP contribution in [0.3, 0.4) is 0 Å². The highest BCUT2D eigenvalue weighted by Crippen LogP contribution is 2.01. The van der Waals surface area contributed by atoms with Gasteiger partial charge in [-0.25, -0.2) is 4.79 Å². The number of carbonyl (C=O) groups is 2. The molecule has 0 fully saturated rings. The van der Waals surface area contributed by atoms with E-state index in [9.17, 15) is 9.59 Å². The van der Waals surface area contributed by atoms with E-state index in [-0.39, 0.29) is 18.8 Å². The van der Waals surface area contributed by atoms with Crippen LogP contribution in [0, 0.1) is 0 Å². The van der Waals surface area contributed by atoms with Crippen LogP contribution in [0.4, 0.5) is 0 Å². The molecule has 0 heterocycles. The molecule has 92 valence electrons. The van der Waals surface area contributed by atoms with Gasteiger partial charge in [-0.1, -0.05) is 19.9 Å². The van der Waals surface area contributed by atoms with E-state index in [0.29, 0.717) is 13.0 Å². The van der Waals surface area contributed by atoms with Gasteiger partial charge < -0.3 is 4.74 Å². The van der Waals surface area contributed by atoms with Crippen LogP contribution >= 0.6 is 0 Å². The van der Waals surface area contributed by atoms with E-state index < -0.39 is 5.97 Å². The van der Waals surface area contributed by atoms with E-state index in [1.807, 2.05) is 6.92 Å². The zero-order valence-corrected chi connectivity index (χ0v) is 9.57. The lowest BCUT2D eigenvalue weighted by atomic mass is 10.2. The van der Waals surface area contributed by atoms with E-state index in [0.717, 1.165) is 19.1 Å². The normalized spacial score (nSPS) is 9.31. The highest BCUT2D eigenvalue weighted by atomic mass is 17.2.